The molecule has 38 nitrogen and oxygen atoms in total. The summed E-state index contributed by atoms with van der Waals surface area (Å²) in [6.07, 6.45) is 3.46. The number of benzene rings is 3. The van der Waals surface area contributed by atoms with E-state index in [0.29, 0.717) is 109 Å². The topological polar surface area (TPSA) is 492 Å². The molecule has 140 heavy (non-hydrogen) atoms. The lowest BCUT2D eigenvalue weighted by atomic mass is 9.44. The Morgan fingerprint density at radius 3 is 1.99 bits per heavy atom. The third-order valence-corrected chi connectivity index (χ3v) is 28.1. The molecule has 776 valence electrons. The zero-order chi connectivity index (χ0) is 100. The van der Waals surface area contributed by atoms with Gasteiger partial charge < -0.3 is 124 Å². The second-order valence-corrected chi connectivity index (χ2v) is 39.0. The van der Waals surface area contributed by atoms with Crippen molar-refractivity contribution in [1.82, 2.24) is 48.0 Å². The van der Waals surface area contributed by atoms with Gasteiger partial charge in [0.15, 0.2) is 29.1 Å². The Hall–Kier alpha value is -9.14. The van der Waals surface area contributed by atoms with Gasteiger partial charge in [0.25, 0.3) is 0 Å². The monoisotopic (exact) mass is 1990 g/mol. The van der Waals surface area contributed by atoms with Crippen LogP contribution < -0.4 is 63.8 Å². The number of amides is 6. The van der Waals surface area contributed by atoms with Crippen molar-refractivity contribution in [3.8, 4) is 5.75 Å². The van der Waals surface area contributed by atoms with Crippen molar-refractivity contribution in [2.24, 2.45) is 40.3 Å². The molecular weight excluding hydrogens is 1840 g/mol. The molecular formula is C99H145F2N12O26P. The second kappa shape index (κ2) is 54.5. The number of hydrogen-bond donors (Lipinski definition) is 13. The average Bonchev–Trinajstić information content (AvgIpc) is 1.48. The third kappa shape index (κ3) is 29.6. The number of carbonyl (C=O) groups is 9. The molecule has 3 aliphatic heterocycles. The number of hydrogen-bond acceptors (Lipinski definition) is 30. The van der Waals surface area contributed by atoms with Gasteiger partial charge in [-0.15, -0.1) is 5.53 Å². The van der Waals surface area contributed by atoms with E-state index in [0.717, 1.165) is 65.5 Å². The smallest absolute Gasteiger partial charge is 0.327 e. The first kappa shape index (κ1) is 111. The van der Waals surface area contributed by atoms with E-state index in [4.69, 9.17) is 77.2 Å². The van der Waals surface area contributed by atoms with Gasteiger partial charge >= 0.3 is 7.60 Å². The van der Waals surface area contributed by atoms with Crippen molar-refractivity contribution in [3.63, 3.8) is 0 Å². The van der Waals surface area contributed by atoms with E-state index in [1.165, 1.54) is 19.1 Å². The Bertz CT molecular complexity index is 4800. The Balaban J connectivity index is 0.604. The summed E-state index contributed by atoms with van der Waals surface area (Å²) in [5.74, 6) is -0.697. The summed E-state index contributed by atoms with van der Waals surface area (Å²) >= 11 is 0. The molecule has 41 heteroatoms. The molecule has 5 aliphatic carbocycles. The minimum absolute atomic E-state index is 0.00863. The number of anilines is 2. The van der Waals surface area contributed by atoms with Crippen LogP contribution >= 0.6 is 7.60 Å². The van der Waals surface area contributed by atoms with Gasteiger partial charge in [0.1, 0.15) is 37.3 Å². The van der Waals surface area contributed by atoms with Crippen molar-refractivity contribution >= 4 is 83.2 Å². The highest BCUT2D eigenvalue weighted by Crippen LogP contribution is 2.72. The Labute approximate surface area is 817 Å². The number of hydrazine groups is 3. The number of ether oxygens (including phenoxy) is 13. The van der Waals surface area contributed by atoms with Gasteiger partial charge in [0, 0.05) is 85.3 Å². The lowest BCUT2D eigenvalue weighted by Gasteiger charge is -2.63. The summed E-state index contributed by atoms with van der Waals surface area (Å²) in [7, 11) is -2.27. The van der Waals surface area contributed by atoms with Gasteiger partial charge in [-0.2, -0.15) is 0 Å². The highest BCUT2D eigenvalue weighted by molar-refractivity contribution is 7.51. The number of aliphatic hydroxyl groups excluding tert-OH is 1. The number of para-hydroxylation sites is 1. The highest BCUT2D eigenvalue weighted by atomic mass is 31.2. The maximum Gasteiger partial charge on any atom is 0.327 e. The van der Waals surface area contributed by atoms with Gasteiger partial charge in [-0.1, -0.05) is 102 Å². The third-order valence-electron chi connectivity index (χ3n) is 27.3. The number of carbonyl (C=O) groups excluding carboxylic acids is 9. The predicted octanol–water partition coefficient (Wildman–Crippen LogP) is 6.84. The van der Waals surface area contributed by atoms with Crippen LogP contribution in [0.2, 0.25) is 0 Å². The van der Waals surface area contributed by atoms with Crippen LogP contribution in [0.15, 0.2) is 108 Å². The molecule has 11 rings (SSSR count). The van der Waals surface area contributed by atoms with Crippen molar-refractivity contribution in [1.29, 1.82) is 0 Å². The molecule has 3 saturated carbocycles. The molecule has 0 aromatic heterocycles. The van der Waals surface area contributed by atoms with Gasteiger partial charge in [0.05, 0.1) is 185 Å². The van der Waals surface area contributed by atoms with Crippen LogP contribution in [-0.4, -0.2) is 292 Å². The average molecular weight is 1990 g/mol. The summed E-state index contributed by atoms with van der Waals surface area (Å²) in [5, 5.41) is 31.6. The number of ketones is 3. The van der Waals surface area contributed by atoms with Gasteiger partial charge in [-0.3, -0.25) is 58.6 Å². The van der Waals surface area contributed by atoms with E-state index in [2.05, 4.69) is 48.3 Å². The summed E-state index contributed by atoms with van der Waals surface area (Å²) in [5.41, 5.74) is 9.22. The van der Waals surface area contributed by atoms with Gasteiger partial charge in [0.2, 0.25) is 41.2 Å². The molecule has 3 aromatic rings. The van der Waals surface area contributed by atoms with E-state index < -0.39 is 138 Å². The molecule has 8 aliphatic rings. The van der Waals surface area contributed by atoms with E-state index in [-0.39, 0.29) is 179 Å². The molecule has 1 saturated heterocycles. The summed E-state index contributed by atoms with van der Waals surface area (Å²) in [4.78, 5) is 144. The van der Waals surface area contributed by atoms with Crippen molar-refractivity contribution < 1.29 is 133 Å². The Kier molecular flexibility index (Phi) is 43.3. The Morgan fingerprint density at radius 2 is 1.33 bits per heavy atom. The Morgan fingerprint density at radius 1 is 0.693 bits per heavy atom. The van der Waals surface area contributed by atoms with Gasteiger partial charge in [-0.05, 0) is 137 Å². The van der Waals surface area contributed by atoms with Crippen LogP contribution in [0.5, 0.6) is 5.75 Å². The number of alkyl halides is 2. The highest BCUT2D eigenvalue weighted by Gasteiger charge is 2.80. The minimum Gasteiger partial charge on any atom is -0.486 e. The number of nitrogens with two attached hydrogens (primary N) is 1. The van der Waals surface area contributed by atoms with E-state index in [1.54, 1.807) is 56.9 Å². The number of unbranched alkanes of at least 4 members (excludes halogenated alkanes) is 1. The van der Waals surface area contributed by atoms with Gasteiger partial charge in [-0.25, -0.2) is 8.78 Å². The largest absolute Gasteiger partial charge is 0.486 e. The molecule has 0 bridgehead atoms. The number of nitrogens with zero attached hydrogens (tertiary/aromatic N) is 2. The van der Waals surface area contributed by atoms with Crippen molar-refractivity contribution in [2.45, 2.75) is 211 Å². The summed E-state index contributed by atoms with van der Waals surface area (Å²) in [6, 6.07) is 19.2. The van der Waals surface area contributed by atoms with Crippen molar-refractivity contribution in [2.75, 3.05) is 175 Å². The van der Waals surface area contributed by atoms with E-state index in [1.807, 2.05) is 67.5 Å². The standard InChI is InChI=1S/C99H145F2N12O26P/c1-8-18-89-138-84-60-73-74-59-76(100)75-58-69(114)32-34-96(75,5)98(74,101)82(116)61-97(73,6)99(84,139-89)83(117)63-136-70-28-26-68(27-29-70)106-94(122)66(4)57-80(115)90(65(2)3)108-95(123)77(22-16-17-35-104-87(120)64-137-81-25-11-9-10-24-79-93(81)110-111-113(79)37-40-129-43-46-132-49-50-133-51-52-134-53-54-135-55-56-140(124,125)126)107-86(119)33-38-127-41-44-130-47-48-131-45-42-128-39-36-105-85(118)30-31-88(121)112-62-67-19-12-13-20-71(67)91(103-7)92(109-102)72-21-14-15-23-78(72)112/h12-15,19-21,23,26-29,32,34,58,65-66,73-74,76-77,81-82,84,89-90,103,109-111,116H,8-11,16-18,22,24-25,30-31,33,35-57,59-64,102H2,1-7H3,(H,104,120)(H,105,118)(H,106,122)(H,107,119)(H,108,123)(H2,124,125,126)/b92-91-/t66-,73+,74+,76+,77-,81?,82+,84-,89?,90+,96+,97+,98+,99-/m1/s1. The lowest BCUT2D eigenvalue weighted by molar-refractivity contribution is -0.234. The summed E-state index contributed by atoms with van der Waals surface area (Å²) in [6.45, 7) is 15.4. The molecule has 2 unspecified atom stereocenters. The summed E-state index contributed by atoms with van der Waals surface area (Å²) < 4.78 is 121. The normalized spacial score (nSPS) is 24.7. The predicted molar refractivity (Wildman–Crippen MR) is 513 cm³/mol. The zero-order valence-electron chi connectivity index (χ0n) is 81.6. The van der Waals surface area contributed by atoms with E-state index >= 15 is 8.78 Å². The number of allylic oxidation sites excluding steroid dienone is 5. The van der Waals surface area contributed by atoms with Crippen LogP contribution in [0.25, 0.3) is 11.4 Å². The SMILES string of the molecule is CCCC1O[C@@H]2C[C@H]3[C@@H]4C[C@H](F)C5=CC(=O)C=C[C@]5(C)[C@@]4(F)[C@@H](O)C[C@]3(C)[C@]2(C(=O)COc2ccc(NC(=O)[C@H](C)CC(=O)[C@@H](NC(=O)[C@@H](CCCCNC(=O)COC3CCCCCC4=C3NNN4CCOCCOCCOCCOCCOCCP(=O)(O)O)NC(=O)CCOCCOCCOCCOCCNC(=O)CCC(=O)N3Cc4ccccc4/C(NC)=C(/NN)c4ccccc43)C(C)C)cc2)O1. The number of fused-ring (bicyclic) bond motifs is 9. The number of nitrogens with one attached hydrogen (secondary N) is 9. The molecule has 4 fully saturated rings. The number of aliphatic hydroxyl groups is 1. The molecule has 6 amide bonds. The lowest BCUT2D eigenvalue weighted by Crippen LogP contribution is -2.71. The number of Topliss-reactive ketones (excluding diaryl/α,β-unsaturated/α-hetero) is 2. The number of rotatable bonds is 61. The first-order valence-corrected chi connectivity index (χ1v) is 50.9. The molecule has 3 aromatic carbocycles. The van der Waals surface area contributed by atoms with Crippen molar-refractivity contribution in [3.05, 3.63) is 125 Å². The first-order valence-electron chi connectivity index (χ1n) is 49.2. The first-order chi connectivity index (χ1) is 67.4. The van der Waals surface area contributed by atoms with Crippen LogP contribution in [0.3, 0.4) is 0 Å². The zero-order valence-corrected chi connectivity index (χ0v) is 82.5. The maximum absolute atomic E-state index is 18.1. The maximum atomic E-state index is 18.1. The molecule has 0 spiro atoms. The van der Waals surface area contributed by atoms with Crippen LogP contribution in [0.4, 0.5) is 20.2 Å². The fourth-order valence-corrected chi connectivity index (χ4v) is 20.5. The quantitative estimate of drug-likeness (QED) is 0.0119. The molecule has 3 heterocycles. The molecule has 0 radical (unpaired) electrons. The minimum atomic E-state index is -4.09. The van der Waals surface area contributed by atoms with E-state index in [9.17, 15) is 52.8 Å². The second-order valence-electron chi connectivity index (χ2n) is 37.2. The van der Waals surface area contributed by atoms with Crippen LogP contribution in [0, 0.1) is 34.5 Å². The molecule has 14 atom stereocenters. The molecule has 14 N–H and O–H groups in total. The van der Waals surface area contributed by atoms with Crippen LogP contribution in [0.1, 0.15) is 167 Å². The number of halogens is 2. The van der Waals surface area contributed by atoms with Crippen LogP contribution in [-0.2, 0) is 111 Å². The fraction of sp³-hybridized carbons (Fsp3) is 0.646. The fourth-order valence-electron chi connectivity index (χ4n) is 20.1.